The van der Waals surface area contributed by atoms with Crippen molar-refractivity contribution in [3.05, 3.63) is 47.5 Å². The van der Waals surface area contributed by atoms with Crippen molar-refractivity contribution in [2.24, 2.45) is 0 Å². The maximum atomic E-state index is 3.74. The molecule has 0 amide bonds. The van der Waals surface area contributed by atoms with Crippen LogP contribution in [0.3, 0.4) is 0 Å². The van der Waals surface area contributed by atoms with Crippen LogP contribution in [0.4, 0.5) is 0 Å². The fourth-order valence-electron chi connectivity index (χ4n) is 1.58. The molecule has 0 fully saturated rings. The SMILES string of the molecule is C=CCc1cc[c]c2c1CC2. The molecule has 0 aromatic heterocycles. The maximum absolute atomic E-state index is 3.74. The van der Waals surface area contributed by atoms with Crippen LogP contribution in [-0.2, 0) is 19.3 Å². The average molecular weight is 143 g/mol. The van der Waals surface area contributed by atoms with Crippen molar-refractivity contribution in [1.82, 2.24) is 0 Å². The van der Waals surface area contributed by atoms with E-state index >= 15 is 0 Å². The van der Waals surface area contributed by atoms with Crippen molar-refractivity contribution in [2.45, 2.75) is 19.3 Å². The van der Waals surface area contributed by atoms with Gasteiger partial charge in [0.1, 0.15) is 0 Å². The molecule has 11 heavy (non-hydrogen) atoms. The molecule has 1 aromatic rings. The summed E-state index contributed by atoms with van der Waals surface area (Å²) < 4.78 is 0. The van der Waals surface area contributed by atoms with Crippen molar-refractivity contribution in [2.75, 3.05) is 0 Å². The third-order valence-electron chi connectivity index (χ3n) is 2.28. The molecule has 0 nitrogen and oxygen atoms in total. The average Bonchev–Trinajstić information content (AvgIpc) is 1.94. The van der Waals surface area contributed by atoms with E-state index in [2.05, 4.69) is 18.7 Å². The molecule has 2 rings (SSSR count). The Morgan fingerprint density at radius 3 is 3.09 bits per heavy atom. The third kappa shape index (κ3) is 0.988. The summed E-state index contributed by atoms with van der Waals surface area (Å²) >= 11 is 0. The molecule has 0 unspecified atom stereocenters. The first kappa shape index (κ1) is 6.66. The van der Waals surface area contributed by atoms with Crippen LogP contribution in [0.25, 0.3) is 0 Å². The molecule has 0 atom stereocenters. The van der Waals surface area contributed by atoms with Crippen LogP contribution in [0.5, 0.6) is 0 Å². The lowest BCUT2D eigenvalue weighted by molar-refractivity contribution is 0.819. The van der Waals surface area contributed by atoms with Gasteiger partial charge in [-0.25, -0.2) is 0 Å². The molecule has 1 aliphatic rings. The molecule has 0 saturated carbocycles. The number of fused-ring (bicyclic) bond motifs is 1. The zero-order chi connectivity index (χ0) is 7.68. The number of benzene rings is 1. The Kier molecular flexibility index (Phi) is 1.54. The Morgan fingerprint density at radius 2 is 2.45 bits per heavy atom. The van der Waals surface area contributed by atoms with Crippen LogP contribution in [-0.4, -0.2) is 0 Å². The van der Waals surface area contributed by atoms with Gasteiger partial charge in [0.05, 0.1) is 0 Å². The van der Waals surface area contributed by atoms with E-state index in [0.717, 1.165) is 6.42 Å². The fourth-order valence-corrected chi connectivity index (χ4v) is 1.58. The van der Waals surface area contributed by atoms with Crippen LogP contribution >= 0.6 is 0 Å². The van der Waals surface area contributed by atoms with Gasteiger partial charge in [0.2, 0.25) is 0 Å². The van der Waals surface area contributed by atoms with Crippen LogP contribution in [0, 0.1) is 6.07 Å². The second-order valence-electron chi connectivity index (χ2n) is 2.95. The van der Waals surface area contributed by atoms with Crippen LogP contribution < -0.4 is 0 Å². The van der Waals surface area contributed by atoms with Crippen LogP contribution in [0.15, 0.2) is 24.8 Å². The number of allylic oxidation sites excluding steroid dienone is 1. The lowest BCUT2D eigenvalue weighted by Crippen LogP contribution is -2.11. The molecular formula is C11H11. The van der Waals surface area contributed by atoms with Crippen molar-refractivity contribution in [1.29, 1.82) is 0 Å². The van der Waals surface area contributed by atoms with E-state index in [0.29, 0.717) is 0 Å². The zero-order valence-corrected chi connectivity index (χ0v) is 6.56. The predicted octanol–water partition coefficient (Wildman–Crippen LogP) is 2.31. The Balaban J connectivity index is 2.40. The van der Waals surface area contributed by atoms with Gasteiger partial charge in [0, 0.05) is 0 Å². The highest BCUT2D eigenvalue weighted by Crippen LogP contribution is 2.25. The van der Waals surface area contributed by atoms with Gasteiger partial charge in [-0.2, -0.15) is 0 Å². The third-order valence-corrected chi connectivity index (χ3v) is 2.28. The van der Waals surface area contributed by atoms with Crippen LogP contribution in [0.2, 0.25) is 0 Å². The molecule has 0 N–H and O–H groups in total. The van der Waals surface area contributed by atoms with Crippen molar-refractivity contribution in [3.8, 4) is 0 Å². The number of aryl methyl sites for hydroxylation is 1. The monoisotopic (exact) mass is 143 g/mol. The summed E-state index contributed by atoms with van der Waals surface area (Å²) in [6.45, 7) is 3.74. The number of rotatable bonds is 2. The summed E-state index contributed by atoms with van der Waals surface area (Å²) in [4.78, 5) is 0. The second-order valence-corrected chi connectivity index (χ2v) is 2.95. The molecule has 1 aromatic carbocycles. The fraction of sp³-hybridized carbons (Fsp3) is 0.273. The Morgan fingerprint density at radius 1 is 1.55 bits per heavy atom. The largest absolute Gasteiger partial charge is 0.103 e. The highest BCUT2D eigenvalue weighted by atomic mass is 14.2. The number of hydrogen-bond donors (Lipinski definition) is 0. The highest BCUT2D eigenvalue weighted by Gasteiger charge is 2.15. The lowest BCUT2D eigenvalue weighted by Gasteiger charge is -2.21. The van der Waals surface area contributed by atoms with E-state index in [1.165, 1.54) is 29.5 Å². The van der Waals surface area contributed by atoms with Gasteiger partial charge >= 0.3 is 0 Å². The van der Waals surface area contributed by atoms with Gasteiger partial charge in [-0.3, -0.25) is 0 Å². The van der Waals surface area contributed by atoms with Crippen molar-refractivity contribution < 1.29 is 0 Å². The Labute approximate surface area is 67.6 Å². The Hall–Kier alpha value is -1.04. The minimum atomic E-state index is 1.01. The quantitative estimate of drug-likeness (QED) is 0.557. The van der Waals surface area contributed by atoms with Crippen molar-refractivity contribution in [3.63, 3.8) is 0 Å². The zero-order valence-electron chi connectivity index (χ0n) is 6.56. The van der Waals surface area contributed by atoms with E-state index in [9.17, 15) is 0 Å². The predicted molar refractivity (Wildman–Crippen MR) is 46.6 cm³/mol. The highest BCUT2D eigenvalue weighted by molar-refractivity contribution is 5.41. The summed E-state index contributed by atoms with van der Waals surface area (Å²) in [5, 5.41) is 0. The summed E-state index contributed by atoms with van der Waals surface area (Å²) in [5.74, 6) is 0. The molecule has 0 spiro atoms. The molecule has 0 heteroatoms. The van der Waals surface area contributed by atoms with Gasteiger partial charge < -0.3 is 0 Å². The first-order valence-electron chi connectivity index (χ1n) is 4.04. The second kappa shape index (κ2) is 2.54. The molecule has 1 radical (unpaired) electrons. The van der Waals surface area contributed by atoms with E-state index < -0.39 is 0 Å². The minimum Gasteiger partial charge on any atom is -0.103 e. The smallest absolute Gasteiger partial charge is 0.00973 e. The van der Waals surface area contributed by atoms with Gasteiger partial charge in [-0.05, 0) is 42.0 Å². The molecule has 55 valence electrons. The van der Waals surface area contributed by atoms with E-state index in [-0.39, 0.29) is 0 Å². The van der Waals surface area contributed by atoms with Crippen molar-refractivity contribution >= 4 is 0 Å². The summed E-state index contributed by atoms with van der Waals surface area (Å²) in [5.41, 5.74) is 4.39. The van der Waals surface area contributed by atoms with E-state index in [1.54, 1.807) is 0 Å². The summed E-state index contributed by atoms with van der Waals surface area (Å²) in [7, 11) is 0. The molecule has 0 bridgehead atoms. The first-order valence-corrected chi connectivity index (χ1v) is 4.04. The normalized spacial score (nSPS) is 13.5. The minimum absolute atomic E-state index is 1.01. The van der Waals surface area contributed by atoms with Gasteiger partial charge in [0.15, 0.2) is 0 Å². The standard InChI is InChI=1S/C11H11/c1-2-4-9-5-3-6-10-7-8-11(9)10/h2-3,5H,1,4,7-8H2. The lowest BCUT2D eigenvalue weighted by atomic mass is 9.84. The molecule has 0 saturated heterocycles. The summed E-state index contributed by atoms with van der Waals surface area (Å²) in [6.07, 6.45) is 5.45. The van der Waals surface area contributed by atoms with Crippen LogP contribution in [0.1, 0.15) is 16.7 Å². The number of hydrogen-bond acceptors (Lipinski definition) is 0. The maximum Gasteiger partial charge on any atom is -0.00973 e. The van der Waals surface area contributed by atoms with E-state index in [4.69, 9.17) is 0 Å². The Bertz CT molecular complexity index is 284. The van der Waals surface area contributed by atoms with Gasteiger partial charge in [-0.1, -0.05) is 18.2 Å². The van der Waals surface area contributed by atoms with Gasteiger partial charge in [0.25, 0.3) is 0 Å². The van der Waals surface area contributed by atoms with E-state index in [1.807, 2.05) is 12.1 Å². The molecule has 0 aliphatic heterocycles. The topological polar surface area (TPSA) is 0 Å². The molecular weight excluding hydrogens is 132 g/mol. The summed E-state index contributed by atoms with van der Waals surface area (Å²) in [6, 6.07) is 7.43. The molecule has 1 aliphatic carbocycles. The first-order chi connectivity index (χ1) is 5.42. The van der Waals surface area contributed by atoms with Gasteiger partial charge in [-0.15, -0.1) is 6.58 Å². The molecule has 0 heterocycles.